The number of nitrogens with zero attached hydrogens (tertiary/aromatic N) is 4. The van der Waals surface area contributed by atoms with Crippen LogP contribution in [-0.2, 0) is 13.2 Å². The number of carbonyl (C=O) groups is 1. The van der Waals surface area contributed by atoms with Gasteiger partial charge in [-0.2, -0.15) is 5.10 Å². The zero-order chi connectivity index (χ0) is 21.3. The molecule has 0 unspecified atom stereocenters. The van der Waals surface area contributed by atoms with Crippen molar-refractivity contribution in [2.24, 2.45) is 5.10 Å². The lowest BCUT2D eigenvalue weighted by Crippen LogP contribution is -2.24. The van der Waals surface area contributed by atoms with Crippen LogP contribution in [-0.4, -0.2) is 27.2 Å². The van der Waals surface area contributed by atoms with E-state index in [2.05, 4.69) is 20.7 Å². The average Bonchev–Trinajstić information content (AvgIpc) is 3.24. The minimum atomic E-state index is -0.381. The predicted octanol–water partition coefficient (Wildman–Crippen LogP) is 3.67. The lowest BCUT2D eigenvalue weighted by Gasteiger charge is -2.08. The Bertz CT molecular complexity index is 1140. The highest BCUT2D eigenvalue weighted by atomic mass is 16.5. The molecule has 1 aromatic heterocycles. The first-order valence-electron chi connectivity index (χ1n) is 9.83. The number of rotatable bonds is 8. The van der Waals surface area contributed by atoms with Crippen molar-refractivity contribution < 1.29 is 9.53 Å². The molecular formula is C24H21N5O2. The molecule has 7 nitrogen and oxygen atoms in total. The van der Waals surface area contributed by atoms with Gasteiger partial charge in [0.25, 0.3) is 11.8 Å². The van der Waals surface area contributed by atoms with Gasteiger partial charge in [0.2, 0.25) is 5.69 Å². The summed E-state index contributed by atoms with van der Waals surface area (Å²) in [5.74, 6) is -0.199. The lowest BCUT2D eigenvalue weighted by molar-refractivity contribution is 0.0940. The van der Waals surface area contributed by atoms with Crippen molar-refractivity contribution in [1.82, 2.24) is 20.4 Å². The van der Waals surface area contributed by atoms with Crippen LogP contribution >= 0.6 is 0 Å². The number of hydrogen-bond donors (Lipinski definition) is 1. The molecule has 0 bridgehead atoms. The standard InChI is InChI=1S/C24H21N5O2/c30-23(25-16-19-10-4-1-5-11-19)22-24(31-18-21-14-8-3-9-15-21)29(28-27-22)26-17-20-12-6-2-7-13-20/h1-15,17H,16,18H2,(H,25,30)/b26-17-. The number of ether oxygens (including phenoxy) is 1. The fourth-order valence-corrected chi connectivity index (χ4v) is 2.86. The summed E-state index contributed by atoms with van der Waals surface area (Å²) >= 11 is 0. The van der Waals surface area contributed by atoms with Crippen molar-refractivity contribution in [2.45, 2.75) is 13.2 Å². The van der Waals surface area contributed by atoms with Gasteiger partial charge in [-0.05, 0) is 21.9 Å². The largest absolute Gasteiger partial charge is 0.470 e. The molecule has 0 saturated carbocycles. The molecule has 0 aliphatic rings. The third-order valence-corrected chi connectivity index (χ3v) is 4.46. The van der Waals surface area contributed by atoms with Crippen LogP contribution in [0.2, 0.25) is 0 Å². The van der Waals surface area contributed by atoms with Crippen LogP contribution in [0.5, 0.6) is 5.88 Å². The van der Waals surface area contributed by atoms with Gasteiger partial charge >= 0.3 is 0 Å². The quantitative estimate of drug-likeness (QED) is 0.449. The molecule has 0 saturated heterocycles. The molecule has 1 N–H and O–H groups in total. The smallest absolute Gasteiger partial charge is 0.277 e. The van der Waals surface area contributed by atoms with Crippen molar-refractivity contribution >= 4 is 12.1 Å². The number of nitrogens with one attached hydrogen (secondary N) is 1. The first-order chi connectivity index (χ1) is 15.3. The van der Waals surface area contributed by atoms with Gasteiger partial charge < -0.3 is 10.1 Å². The van der Waals surface area contributed by atoms with Crippen LogP contribution < -0.4 is 10.1 Å². The maximum Gasteiger partial charge on any atom is 0.277 e. The fraction of sp³-hybridized carbons (Fsp3) is 0.0833. The molecule has 0 aliphatic heterocycles. The van der Waals surface area contributed by atoms with E-state index in [1.54, 1.807) is 6.21 Å². The molecule has 0 radical (unpaired) electrons. The summed E-state index contributed by atoms with van der Waals surface area (Å²) in [6.07, 6.45) is 1.63. The van der Waals surface area contributed by atoms with Crippen LogP contribution in [0.3, 0.4) is 0 Å². The van der Waals surface area contributed by atoms with E-state index < -0.39 is 0 Å². The predicted molar refractivity (Wildman–Crippen MR) is 118 cm³/mol. The molecule has 31 heavy (non-hydrogen) atoms. The molecular weight excluding hydrogens is 390 g/mol. The topological polar surface area (TPSA) is 81.4 Å². The van der Waals surface area contributed by atoms with Crippen molar-refractivity contribution in [3.05, 3.63) is 113 Å². The first kappa shape index (κ1) is 20.0. The average molecular weight is 411 g/mol. The van der Waals surface area contributed by atoms with E-state index in [9.17, 15) is 4.79 Å². The number of amides is 1. The van der Waals surface area contributed by atoms with Gasteiger partial charge in [-0.15, -0.1) is 5.10 Å². The zero-order valence-electron chi connectivity index (χ0n) is 16.8. The second-order valence-electron chi connectivity index (χ2n) is 6.73. The second kappa shape index (κ2) is 9.98. The van der Waals surface area contributed by atoms with Crippen LogP contribution in [0.25, 0.3) is 0 Å². The molecule has 3 aromatic carbocycles. The molecule has 1 amide bonds. The van der Waals surface area contributed by atoms with Gasteiger partial charge in [-0.3, -0.25) is 4.79 Å². The van der Waals surface area contributed by atoms with Crippen molar-refractivity contribution in [3.8, 4) is 5.88 Å². The summed E-state index contributed by atoms with van der Waals surface area (Å²) in [5, 5.41) is 15.2. The highest BCUT2D eigenvalue weighted by Crippen LogP contribution is 2.18. The number of hydrogen-bond acceptors (Lipinski definition) is 5. The summed E-state index contributed by atoms with van der Waals surface area (Å²) in [4.78, 5) is 14.0. The van der Waals surface area contributed by atoms with Crippen molar-refractivity contribution in [2.75, 3.05) is 0 Å². The van der Waals surface area contributed by atoms with Gasteiger partial charge in [0.05, 0.1) is 6.21 Å². The molecule has 4 rings (SSSR count). The number of carbonyl (C=O) groups excluding carboxylic acids is 1. The Morgan fingerprint density at radius 3 is 2.19 bits per heavy atom. The van der Waals surface area contributed by atoms with E-state index in [0.717, 1.165) is 16.7 Å². The summed E-state index contributed by atoms with van der Waals surface area (Å²) < 4.78 is 5.92. The third-order valence-electron chi connectivity index (χ3n) is 4.46. The van der Waals surface area contributed by atoms with E-state index in [1.165, 1.54) is 4.79 Å². The van der Waals surface area contributed by atoms with Crippen LogP contribution in [0.4, 0.5) is 0 Å². The summed E-state index contributed by atoms with van der Waals surface area (Å²) in [7, 11) is 0. The second-order valence-corrected chi connectivity index (χ2v) is 6.73. The third kappa shape index (κ3) is 5.42. The Balaban J connectivity index is 1.55. The zero-order valence-corrected chi connectivity index (χ0v) is 16.8. The van der Waals surface area contributed by atoms with E-state index in [1.807, 2.05) is 91.0 Å². The Kier molecular flexibility index (Phi) is 6.45. The first-order valence-corrected chi connectivity index (χ1v) is 9.83. The lowest BCUT2D eigenvalue weighted by atomic mass is 10.2. The minimum absolute atomic E-state index is 0.0806. The molecule has 0 atom stereocenters. The van der Waals surface area contributed by atoms with Gasteiger partial charge in [0.15, 0.2) is 0 Å². The maximum atomic E-state index is 12.8. The molecule has 154 valence electrons. The Hall–Kier alpha value is -4.26. The maximum absolute atomic E-state index is 12.8. The van der Waals surface area contributed by atoms with Gasteiger partial charge in [0.1, 0.15) is 6.61 Å². The van der Waals surface area contributed by atoms with Crippen molar-refractivity contribution in [1.29, 1.82) is 0 Å². The number of benzene rings is 3. The van der Waals surface area contributed by atoms with Crippen LogP contribution in [0.1, 0.15) is 27.2 Å². The van der Waals surface area contributed by atoms with Gasteiger partial charge in [0, 0.05) is 6.54 Å². The minimum Gasteiger partial charge on any atom is -0.470 e. The normalized spacial score (nSPS) is 10.8. The van der Waals surface area contributed by atoms with E-state index in [0.29, 0.717) is 6.54 Å². The summed E-state index contributed by atoms with van der Waals surface area (Å²) in [5.41, 5.74) is 2.91. The Morgan fingerprint density at radius 2 is 1.52 bits per heavy atom. The van der Waals surface area contributed by atoms with Crippen molar-refractivity contribution in [3.63, 3.8) is 0 Å². The number of aromatic nitrogens is 3. The summed E-state index contributed by atoms with van der Waals surface area (Å²) in [6, 6.07) is 28.9. The molecule has 0 aliphatic carbocycles. The van der Waals surface area contributed by atoms with Crippen LogP contribution in [0, 0.1) is 0 Å². The molecule has 0 spiro atoms. The monoisotopic (exact) mass is 411 g/mol. The molecule has 7 heteroatoms. The summed E-state index contributed by atoms with van der Waals surface area (Å²) in [6.45, 7) is 0.631. The highest BCUT2D eigenvalue weighted by molar-refractivity contribution is 5.94. The van der Waals surface area contributed by atoms with E-state index in [-0.39, 0.29) is 24.1 Å². The molecule has 4 aromatic rings. The van der Waals surface area contributed by atoms with E-state index in [4.69, 9.17) is 4.74 Å². The Morgan fingerprint density at radius 1 is 0.903 bits per heavy atom. The van der Waals surface area contributed by atoms with Crippen LogP contribution in [0.15, 0.2) is 96.1 Å². The molecule has 1 heterocycles. The molecule has 0 fully saturated rings. The van der Waals surface area contributed by atoms with Gasteiger partial charge in [-0.1, -0.05) is 95.8 Å². The highest BCUT2D eigenvalue weighted by Gasteiger charge is 2.21. The fourth-order valence-electron chi connectivity index (χ4n) is 2.86. The van der Waals surface area contributed by atoms with Gasteiger partial charge in [-0.25, -0.2) is 0 Å². The SMILES string of the molecule is O=C(NCc1ccccc1)c1nnn(/N=C\c2ccccc2)c1OCc1ccccc1. The van der Waals surface area contributed by atoms with E-state index >= 15 is 0 Å². The Labute approximate surface area is 180 Å².